The van der Waals surface area contributed by atoms with Crippen molar-refractivity contribution in [3.63, 3.8) is 0 Å². The van der Waals surface area contributed by atoms with E-state index < -0.39 is 0 Å². The van der Waals surface area contributed by atoms with Crippen LogP contribution in [0.3, 0.4) is 0 Å². The Morgan fingerprint density at radius 3 is 2.50 bits per heavy atom. The first-order valence-corrected chi connectivity index (χ1v) is 9.42. The van der Waals surface area contributed by atoms with Gasteiger partial charge in [0.05, 0.1) is 12.2 Å². The molecule has 0 saturated carbocycles. The summed E-state index contributed by atoms with van der Waals surface area (Å²) in [4.78, 5) is 15.3. The van der Waals surface area contributed by atoms with E-state index in [2.05, 4.69) is 43.7 Å². The van der Waals surface area contributed by atoms with E-state index in [4.69, 9.17) is 0 Å². The maximum Gasteiger partial charge on any atom is 0.254 e. The Labute approximate surface area is 151 Å². The van der Waals surface area contributed by atoms with E-state index in [1.54, 1.807) is 0 Å². The summed E-state index contributed by atoms with van der Waals surface area (Å²) in [6.45, 7) is 4.09. The molecule has 2 bridgehead atoms. The topological polar surface area (TPSA) is 38.1 Å². The third-order valence-corrected chi connectivity index (χ3v) is 6.40. The van der Waals surface area contributed by atoms with Crippen LogP contribution in [-0.2, 0) is 0 Å². The lowest BCUT2D eigenvalue weighted by molar-refractivity contribution is 0.0523. The SMILES string of the molecule is Cc1cnn(C2CC3CCC(C2)N3C(=O)c2cccc(Br)c2C)c1. The van der Waals surface area contributed by atoms with Gasteiger partial charge in [0.2, 0.25) is 0 Å². The second-order valence-corrected chi connectivity index (χ2v) is 7.99. The van der Waals surface area contributed by atoms with E-state index >= 15 is 0 Å². The van der Waals surface area contributed by atoms with Crippen molar-refractivity contribution in [3.8, 4) is 0 Å². The molecule has 24 heavy (non-hydrogen) atoms. The lowest BCUT2D eigenvalue weighted by atomic mass is 9.95. The van der Waals surface area contributed by atoms with Gasteiger partial charge in [-0.15, -0.1) is 0 Å². The van der Waals surface area contributed by atoms with Gasteiger partial charge >= 0.3 is 0 Å². The number of hydrogen-bond acceptors (Lipinski definition) is 2. The fraction of sp³-hybridized carbons (Fsp3) is 0.474. The average molecular weight is 388 g/mol. The lowest BCUT2D eigenvalue weighted by Gasteiger charge is -2.39. The summed E-state index contributed by atoms with van der Waals surface area (Å²) in [5.74, 6) is 0.191. The highest BCUT2D eigenvalue weighted by Gasteiger charge is 2.44. The molecular weight excluding hydrogens is 366 g/mol. The van der Waals surface area contributed by atoms with Crippen molar-refractivity contribution in [3.05, 3.63) is 51.8 Å². The van der Waals surface area contributed by atoms with E-state index in [1.165, 1.54) is 5.56 Å². The Hall–Kier alpha value is -1.62. The Bertz CT molecular complexity index is 771. The van der Waals surface area contributed by atoms with Gasteiger partial charge in [-0.2, -0.15) is 5.10 Å². The molecule has 4 nitrogen and oxygen atoms in total. The number of fused-ring (bicyclic) bond motifs is 2. The highest BCUT2D eigenvalue weighted by Crippen LogP contribution is 2.41. The van der Waals surface area contributed by atoms with Crippen molar-refractivity contribution in [1.29, 1.82) is 0 Å². The molecule has 5 heteroatoms. The molecule has 2 unspecified atom stereocenters. The van der Waals surface area contributed by atoms with Crippen LogP contribution in [0.25, 0.3) is 0 Å². The molecule has 3 heterocycles. The first kappa shape index (κ1) is 15.9. The van der Waals surface area contributed by atoms with Gasteiger partial charge in [0.15, 0.2) is 0 Å². The van der Waals surface area contributed by atoms with Crippen LogP contribution in [0.15, 0.2) is 35.1 Å². The summed E-state index contributed by atoms with van der Waals surface area (Å²) >= 11 is 3.54. The number of aromatic nitrogens is 2. The van der Waals surface area contributed by atoms with Gasteiger partial charge < -0.3 is 4.90 Å². The number of hydrogen-bond donors (Lipinski definition) is 0. The van der Waals surface area contributed by atoms with Gasteiger partial charge in [-0.25, -0.2) is 0 Å². The molecule has 2 atom stereocenters. The molecule has 2 aliphatic rings. The van der Waals surface area contributed by atoms with Crippen molar-refractivity contribution in [2.45, 2.75) is 57.7 Å². The largest absolute Gasteiger partial charge is 0.333 e. The number of carbonyl (C=O) groups is 1. The van der Waals surface area contributed by atoms with Gasteiger partial charge in [-0.05, 0) is 62.8 Å². The molecule has 1 aromatic heterocycles. The van der Waals surface area contributed by atoms with Crippen LogP contribution in [0, 0.1) is 13.8 Å². The first-order chi connectivity index (χ1) is 11.5. The van der Waals surface area contributed by atoms with Gasteiger partial charge in [-0.1, -0.05) is 22.0 Å². The molecule has 0 N–H and O–H groups in total. The normalized spacial score (nSPS) is 26.0. The smallest absolute Gasteiger partial charge is 0.254 e. The maximum absolute atomic E-state index is 13.2. The summed E-state index contributed by atoms with van der Waals surface area (Å²) in [7, 11) is 0. The number of halogens is 1. The number of amides is 1. The minimum Gasteiger partial charge on any atom is -0.333 e. The third kappa shape index (κ3) is 2.59. The van der Waals surface area contributed by atoms with Crippen LogP contribution in [0.5, 0.6) is 0 Å². The van der Waals surface area contributed by atoms with Gasteiger partial charge in [0.25, 0.3) is 5.91 Å². The summed E-state index contributed by atoms with van der Waals surface area (Å²) in [5, 5.41) is 4.50. The molecule has 0 radical (unpaired) electrons. The second kappa shape index (κ2) is 6.03. The van der Waals surface area contributed by atoms with Crippen molar-refractivity contribution in [2.75, 3.05) is 0 Å². The Kier molecular flexibility index (Phi) is 3.99. The molecule has 126 valence electrons. The number of carbonyl (C=O) groups excluding carboxylic acids is 1. The molecular formula is C19H22BrN3O. The average Bonchev–Trinajstić information content (AvgIpc) is 3.10. The van der Waals surface area contributed by atoms with Crippen LogP contribution in [0.1, 0.15) is 53.2 Å². The van der Waals surface area contributed by atoms with Crippen molar-refractivity contribution in [2.24, 2.45) is 0 Å². The number of aryl methyl sites for hydroxylation is 1. The number of benzene rings is 1. The van der Waals surface area contributed by atoms with Gasteiger partial charge in [0, 0.05) is 28.3 Å². The summed E-state index contributed by atoms with van der Waals surface area (Å²) in [6.07, 6.45) is 8.29. The van der Waals surface area contributed by atoms with Crippen LogP contribution < -0.4 is 0 Å². The zero-order valence-electron chi connectivity index (χ0n) is 14.1. The van der Waals surface area contributed by atoms with E-state index in [0.717, 1.165) is 41.3 Å². The maximum atomic E-state index is 13.2. The number of piperidine rings is 1. The lowest BCUT2D eigenvalue weighted by Crippen LogP contribution is -2.47. The molecule has 2 aromatic rings. The van der Waals surface area contributed by atoms with Crippen molar-refractivity contribution < 1.29 is 4.79 Å². The fourth-order valence-electron chi connectivity index (χ4n) is 4.31. The number of nitrogens with zero attached hydrogens (tertiary/aromatic N) is 3. The summed E-state index contributed by atoms with van der Waals surface area (Å²) in [5.41, 5.74) is 3.06. The minimum absolute atomic E-state index is 0.191. The second-order valence-electron chi connectivity index (χ2n) is 7.13. The van der Waals surface area contributed by atoms with Gasteiger partial charge in [0.1, 0.15) is 0 Å². The van der Waals surface area contributed by atoms with Crippen LogP contribution in [0.2, 0.25) is 0 Å². The molecule has 0 aliphatic carbocycles. The Morgan fingerprint density at radius 1 is 1.17 bits per heavy atom. The van der Waals surface area contributed by atoms with Gasteiger partial charge in [-0.3, -0.25) is 9.48 Å². The fourth-order valence-corrected chi connectivity index (χ4v) is 4.67. The molecule has 1 amide bonds. The third-order valence-electron chi connectivity index (χ3n) is 5.55. The van der Waals surface area contributed by atoms with E-state index in [0.29, 0.717) is 18.1 Å². The molecule has 1 aromatic carbocycles. The zero-order valence-corrected chi connectivity index (χ0v) is 15.7. The van der Waals surface area contributed by atoms with E-state index in [9.17, 15) is 4.79 Å². The highest BCUT2D eigenvalue weighted by molar-refractivity contribution is 9.10. The quantitative estimate of drug-likeness (QED) is 0.771. The van der Waals surface area contributed by atoms with Crippen LogP contribution in [-0.4, -0.2) is 32.7 Å². The summed E-state index contributed by atoms with van der Waals surface area (Å²) < 4.78 is 3.11. The Morgan fingerprint density at radius 2 is 1.88 bits per heavy atom. The van der Waals surface area contributed by atoms with Crippen molar-refractivity contribution >= 4 is 21.8 Å². The summed E-state index contributed by atoms with van der Waals surface area (Å²) in [6, 6.07) is 6.99. The van der Waals surface area contributed by atoms with Crippen molar-refractivity contribution in [1.82, 2.24) is 14.7 Å². The van der Waals surface area contributed by atoms with Crippen LogP contribution >= 0.6 is 15.9 Å². The molecule has 2 saturated heterocycles. The molecule has 0 spiro atoms. The van der Waals surface area contributed by atoms with E-state index in [-0.39, 0.29) is 5.91 Å². The highest BCUT2D eigenvalue weighted by atomic mass is 79.9. The van der Waals surface area contributed by atoms with Crippen LogP contribution in [0.4, 0.5) is 0 Å². The van der Waals surface area contributed by atoms with E-state index in [1.807, 2.05) is 31.3 Å². The zero-order chi connectivity index (χ0) is 16.8. The monoisotopic (exact) mass is 387 g/mol. The predicted octanol–water partition coefficient (Wildman–Crippen LogP) is 4.27. The first-order valence-electron chi connectivity index (χ1n) is 8.63. The minimum atomic E-state index is 0.191. The Balaban J connectivity index is 1.58. The molecule has 4 rings (SSSR count). The molecule has 2 aliphatic heterocycles. The standard InChI is InChI=1S/C19H22BrN3O/c1-12-10-21-22(11-12)16-8-14-6-7-15(9-16)23(14)19(24)17-4-3-5-18(20)13(17)2/h3-5,10-11,14-16H,6-9H2,1-2H3. The molecule has 2 fully saturated rings. The predicted molar refractivity (Wildman–Crippen MR) is 97.1 cm³/mol. The number of rotatable bonds is 2.